The summed E-state index contributed by atoms with van der Waals surface area (Å²) in [5.74, 6) is -0.719. The number of carbonyl (C=O) groups is 1. The van der Waals surface area contributed by atoms with Crippen molar-refractivity contribution in [3.8, 4) is 0 Å². The third-order valence-corrected chi connectivity index (χ3v) is 4.74. The second-order valence-corrected chi connectivity index (χ2v) is 6.93. The van der Waals surface area contributed by atoms with Crippen molar-refractivity contribution in [1.29, 1.82) is 0 Å². The van der Waals surface area contributed by atoms with E-state index in [1.54, 1.807) is 30.7 Å². The van der Waals surface area contributed by atoms with Gasteiger partial charge in [-0.2, -0.15) is 4.98 Å². The summed E-state index contributed by atoms with van der Waals surface area (Å²) in [6.07, 6.45) is 5.09. The number of carboxylic acid groups (broad SMARTS) is 1. The first-order valence-corrected chi connectivity index (χ1v) is 9.82. The second kappa shape index (κ2) is 9.49. The lowest BCUT2D eigenvalue weighted by Crippen LogP contribution is -2.16. The van der Waals surface area contributed by atoms with Crippen LogP contribution in [0.3, 0.4) is 0 Å². The van der Waals surface area contributed by atoms with Crippen molar-refractivity contribution in [2.45, 2.75) is 12.3 Å². The van der Waals surface area contributed by atoms with Crippen LogP contribution in [0.1, 0.15) is 17.0 Å². The van der Waals surface area contributed by atoms with Crippen LogP contribution in [0.25, 0.3) is 0 Å². The van der Waals surface area contributed by atoms with Crippen LogP contribution in [-0.4, -0.2) is 26.0 Å². The molecule has 0 spiro atoms. The van der Waals surface area contributed by atoms with Gasteiger partial charge in [0, 0.05) is 35.5 Å². The number of aromatic nitrogens is 3. The minimum Gasteiger partial charge on any atom is -0.481 e. The van der Waals surface area contributed by atoms with Gasteiger partial charge in [-0.3, -0.25) is 9.78 Å². The molecule has 7 nitrogen and oxygen atoms in total. The third kappa shape index (κ3) is 5.22. The van der Waals surface area contributed by atoms with E-state index in [0.717, 1.165) is 11.4 Å². The molecule has 0 amide bonds. The van der Waals surface area contributed by atoms with Crippen LogP contribution in [0.4, 0.5) is 23.1 Å². The summed E-state index contributed by atoms with van der Waals surface area (Å²) >= 11 is 0. The normalized spacial score (nSPS) is 11.5. The van der Waals surface area contributed by atoms with Crippen molar-refractivity contribution in [3.05, 3.63) is 103 Å². The van der Waals surface area contributed by atoms with Gasteiger partial charge < -0.3 is 15.7 Å². The fourth-order valence-corrected chi connectivity index (χ4v) is 3.18. The Morgan fingerprint density at radius 1 is 0.871 bits per heavy atom. The molecule has 0 saturated carbocycles. The number of aliphatic carboxylic acids is 1. The van der Waals surface area contributed by atoms with Crippen molar-refractivity contribution < 1.29 is 9.90 Å². The summed E-state index contributed by atoms with van der Waals surface area (Å²) < 4.78 is 0. The lowest BCUT2D eigenvalue weighted by Gasteiger charge is -2.17. The summed E-state index contributed by atoms with van der Waals surface area (Å²) in [4.78, 5) is 25.1. The molecule has 4 aromatic rings. The van der Waals surface area contributed by atoms with Crippen LogP contribution in [-0.2, 0) is 11.2 Å². The Morgan fingerprint density at radius 3 is 2.16 bits per heavy atom. The first kappa shape index (κ1) is 20.0. The Bertz CT molecular complexity index is 1140. The molecule has 3 N–H and O–H groups in total. The largest absolute Gasteiger partial charge is 0.481 e. The number of nitrogens with zero attached hydrogens (tertiary/aromatic N) is 3. The molecule has 2 aromatic heterocycles. The van der Waals surface area contributed by atoms with E-state index in [1.807, 2.05) is 60.7 Å². The molecular formula is C24H21N5O2. The maximum absolute atomic E-state index is 12.0. The first-order valence-electron chi connectivity index (χ1n) is 9.82. The van der Waals surface area contributed by atoms with Gasteiger partial charge in [-0.25, -0.2) is 4.98 Å². The number of rotatable bonds is 8. The predicted octanol–water partition coefficient (Wildman–Crippen LogP) is 4.77. The van der Waals surface area contributed by atoms with Crippen molar-refractivity contribution >= 4 is 29.1 Å². The van der Waals surface area contributed by atoms with Gasteiger partial charge >= 0.3 is 5.97 Å². The second-order valence-electron chi connectivity index (χ2n) is 6.93. The van der Waals surface area contributed by atoms with Gasteiger partial charge in [-0.05, 0) is 42.3 Å². The number of hydrogen-bond donors (Lipinski definition) is 3. The molecule has 0 radical (unpaired) electrons. The van der Waals surface area contributed by atoms with Crippen LogP contribution in [0.5, 0.6) is 0 Å². The smallest absolute Gasteiger partial charge is 0.311 e. The standard InChI is InChI=1S/C24H21N5O2/c30-23(31)21(17-8-7-13-25-15-17)14-18-16-26-24(28-20-11-5-2-6-12-20)29-22(18)27-19-9-3-1-4-10-19/h1-13,15-16,21H,14H2,(H,30,31)(H2,26,27,28,29). The number of para-hydroxylation sites is 2. The van der Waals surface area contributed by atoms with Gasteiger partial charge in [0.05, 0.1) is 5.92 Å². The monoisotopic (exact) mass is 411 g/mol. The summed E-state index contributed by atoms with van der Waals surface area (Å²) in [6, 6.07) is 22.7. The van der Waals surface area contributed by atoms with Crippen LogP contribution < -0.4 is 10.6 Å². The van der Waals surface area contributed by atoms with Gasteiger partial charge in [0.1, 0.15) is 5.82 Å². The van der Waals surface area contributed by atoms with E-state index in [2.05, 4.69) is 25.6 Å². The number of hydrogen-bond acceptors (Lipinski definition) is 6. The van der Waals surface area contributed by atoms with Gasteiger partial charge in [0.15, 0.2) is 0 Å². The van der Waals surface area contributed by atoms with Crippen molar-refractivity contribution in [3.63, 3.8) is 0 Å². The van der Waals surface area contributed by atoms with Gasteiger partial charge in [0.2, 0.25) is 5.95 Å². The number of carboxylic acids is 1. The van der Waals surface area contributed by atoms with Gasteiger partial charge in [-0.15, -0.1) is 0 Å². The van der Waals surface area contributed by atoms with E-state index in [4.69, 9.17) is 0 Å². The Kier molecular flexibility index (Phi) is 6.13. The average Bonchev–Trinajstić information content (AvgIpc) is 2.80. The molecule has 154 valence electrons. The maximum atomic E-state index is 12.0. The molecule has 0 saturated heterocycles. The van der Waals surface area contributed by atoms with Gasteiger partial charge in [-0.1, -0.05) is 42.5 Å². The Hall–Kier alpha value is -4.26. The molecule has 0 fully saturated rings. The fourth-order valence-electron chi connectivity index (χ4n) is 3.18. The predicted molar refractivity (Wildman–Crippen MR) is 120 cm³/mol. The average molecular weight is 411 g/mol. The molecule has 4 rings (SSSR count). The SMILES string of the molecule is O=C(O)C(Cc1cnc(Nc2ccccc2)nc1Nc1ccccc1)c1cccnc1. The highest BCUT2D eigenvalue weighted by Gasteiger charge is 2.23. The molecule has 0 aliphatic rings. The molecule has 2 aromatic carbocycles. The quantitative estimate of drug-likeness (QED) is 0.384. The summed E-state index contributed by atoms with van der Waals surface area (Å²) in [5.41, 5.74) is 3.03. The minimum absolute atomic E-state index is 0.224. The molecule has 0 aliphatic heterocycles. The van der Waals surface area contributed by atoms with E-state index in [0.29, 0.717) is 22.9 Å². The zero-order valence-electron chi connectivity index (χ0n) is 16.6. The third-order valence-electron chi connectivity index (χ3n) is 4.74. The first-order chi connectivity index (χ1) is 15.2. The molecule has 1 atom stereocenters. The molecule has 7 heteroatoms. The highest BCUT2D eigenvalue weighted by atomic mass is 16.4. The van der Waals surface area contributed by atoms with Crippen molar-refractivity contribution in [2.75, 3.05) is 10.6 Å². The Labute approximate surface area is 179 Å². The number of pyridine rings is 1. The highest BCUT2D eigenvalue weighted by molar-refractivity contribution is 5.77. The lowest BCUT2D eigenvalue weighted by atomic mass is 9.94. The molecule has 1 unspecified atom stereocenters. The summed E-state index contributed by atoms with van der Waals surface area (Å²) in [5, 5.41) is 16.3. The van der Waals surface area contributed by atoms with Gasteiger partial charge in [0.25, 0.3) is 0 Å². The van der Waals surface area contributed by atoms with Crippen LogP contribution >= 0.6 is 0 Å². The number of nitrogens with one attached hydrogen (secondary N) is 2. The van der Waals surface area contributed by atoms with E-state index in [1.165, 1.54) is 0 Å². The topological polar surface area (TPSA) is 100 Å². The van der Waals surface area contributed by atoms with Crippen molar-refractivity contribution in [2.24, 2.45) is 0 Å². The number of benzene rings is 2. The molecule has 31 heavy (non-hydrogen) atoms. The van der Waals surface area contributed by atoms with Crippen LogP contribution in [0.2, 0.25) is 0 Å². The molecule has 0 aliphatic carbocycles. The van der Waals surface area contributed by atoms with E-state index < -0.39 is 11.9 Å². The Balaban J connectivity index is 1.67. The van der Waals surface area contributed by atoms with Crippen molar-refractivity contribution in [1.82, 2.24) is 15.0 Å². The Morgan fingerprint density at radius 2 is 1.55 bits per heavy atom. The minimum atomic E-state index is -0.926. The highest BCUT2D eigenvalue weighted by Crippen LogP contribution is 2.27. The van der Waals surface area contributed by atoms with E-state index in [-0.39, 0.29) is 6.42 Å². The fraction of sp³-hybridized carbons (Fsp3) is 0.0833. The molecular weight excluding hydrogens is 390 g/mol. The van der Waals surface area contributed by atoms with E-state index >= 15 is 0 Å². The van der Waals surface area contributed by atoms with E-state index in [9.17, 15) is 9.90 Å². The zero-order valence-corrected chi connectivity index (χ0v) is 16.6. The van der Waals surface area contributed by atoms with Crippen LogP contribution in [0, 0.1) is 0 Å². The summed E-state index contributed by atoms with van der Waals surface area (Å²) in [6.45, 7) is 0. The summed E-state index contributed by atoms with van der Waals surface area (Å²) in [7, 11) is 0. The maximum Gasteiger partial charge on any atom is 0.311 e. The zero-order chi connectivity index (χ0) is 21.5. The molecule has 0 bridgehead atoms. The van der Waals surface area contributed by atoms with Crippen LogP contribution in [0.15, 0.2) is 91.4 Å². The molecule has 2 heterocycles. The lowest BCUT2D eigenvalue weighted by molar-refractivity contribution is -0.138. The number of anilines is 4.